The Bertz CT molecular complexity index is 457. The van der Waals surface area contributed by atoms with E-state index in [1.54, 1.807) is 26.0 Å². The molecule has 0 heterocycles. The molecule has 5 nitrogen and oxygen atoms in total. The van der Waals surface area contributed by atoms with Gasteiger partial charge < -0.3 is 16.4 Å². The maximum atomic E-state index is 11.7. The Labute approximate surface area is 121 Å². The molecular formula is C13H18BrN3O2. The van der Waals surface area contributed by atoms with Crippen LogP contribution in [0.1, 0.15) is 13.8 Å². The number of carbonyl (C=O) groups is 2. The molecule has 6 heteroatoms. The Morgan fingerprint density at radius 3 is 2.37 bits per heavy atom. The van der Waals surface area contributed by atoms with Crippen molar-refractivity contribution in [1.29, 1.82) is 0 Å². The van der Waals surface area contributed by atoms with Crippen molar-refractivity contribution in [3.05, 3.63) is 28.7 Å². The van der Waals surface area contributed by atoms with E-state index in [4.69, 9.17) is 5.73 Å². The van der Waals surface area contributed by atoms with Gasteiger partial charge in [0.05, 0.1) is 12.0 Å². The van der Waals surface area contributed by atoms with E-state index in [9.17, 15) is 9.59 Å². The quantitative estimate of drug-likeness (QED) is 0.740. The van der Waals surface area contributed by atoms with Crippen molar-refractivity contribution in [3.63, 3.8) is 0 Å². The highest BCUT2D eigenvalue weighted by Crippen LogP contribution is 2.14. The molecule has 19 heavy (non-hydrogen) atoms. The smallest absolute Gasteiger partial charge is 0.238 e. The maximum Gasteiger partial charge on any atom is 0.238 e. The average molecular weight is 328 g/mol. The number of nitrogens with two attached hydrogens (primary N) is 1. The summed E-state index contributed by atoms with van der Waals surface area (Å²) in [6.45, 7) is 3.95. The second-order valence-electron chi connectivity index (χ2n) is 4.91. The minimum atomic E-state index is -0.669. The van der Waals surface area contributed by atoms with Crippen LogP contribution in [0.3, 0.4) is 0 Å². The summed E-state index contributed by atoms with van der Waals surface area (Å²) in [6, 6.07) is 7.29. The van der Waals surface area contributed by atoms with Crippen LogP contribution in [-0.2, 0) is 9.59 Å². The zero-order chi connectivity index (χ0) is 14.5. The van der Waals surface area contributed by atoms with Crippen LogP contribution in [0, 0.1) is 5.41 Å². The number of halogens is 1. The van der Waals surface area contributed by atoms with E-state index in [-0.39, 0.29) is 12.5 Å². The molecule has 2 amide bonds. The van der Waals surface area contributed by atoms with Crippen LogP contribution < -0.4 is 16.4 Å². The molecule has 0 saturated heterocycles. The van der Waals surface area contributed by atoms with Crippen LogP contribution in [0.15, 0.2) is 28.7 Å². The van der Waals surface area contributed by atoms with Gasteiger partial charge in [0.15, 0.2) is 0 Å². The fourth-order valence-electron chi connectivity index (χ4n) is 1.31. The fourth-order valence-corrected chi connectivity index (χ4v) is 1.58. The first-order chi connectivity index (χ1) is 8.81. The Morgan fingerprint density at radius 1 is 1.26 bits per heavy atom. The van der Waals surface area contributed by atoms with Crippen molar-refractivity contribution in [2.24, 2.45) is 11.1 Å². The summed E-state index contributed by atoms with van der Waals surface area (Å²) in [6.07, 6.45) is 0. The molecule has 0 aliphatic heterocycles. The van der Waals surface area contributed by atoms with Gasteiger partial charge in [-0.05, 0) is 38.1 Å². The molecule has 1 rings (SSSR count). The van der Waals surface area contributed by atoms with Crippen LogP contribution in [-0.4, -0.2) is 24.9 Å². The fraction of sp³-hybridized carbons (Fsp3) is 0.385. The maximum absolute atomic E-state index is 11.7. The zero-order valence-corrected chi connectivity index (χ0v) is 12.6. The van der Waals surface area contributed by atoms with Gasteiger partial charge in [-0.2, -0.15) is 0 Å². The van der Waals surface area contributed by atoms with Crippen molar-refractivity contribution < 1.29 is 9.59 Å². The highest BCUT2D eigenvalue weighted by Gasteiger charge is 2.24. The highest BCUT2D eigenvalue weighted by molar-refractivity contribution is 9.10. The minimum Gasteiger partial charge on any atom is -0.369 e. The van der Waals surface area contributed by atoms with Gasteiger partial charge in [0.25, 0.3) is 0 Å². The SMILES string of the molecule is CC(C)(CNCC(=O)Nc1ccc(Br)cc1)C(N)=O. The molecule has 1 aromatic rings. The lowest BCUT2D eigenvalue weighted by molar-refractivity contribution is -0.126. The Balaban J connectivity index is 2.36. The van der Waals surface area contributed by atoms with E-state index in [1.165, 1.54) is 0 Å². The Morgan fingerprint density at radius 2 is 1.84 bits per heavy atom. The van der Waals surface area contributed by atoms with Gasteiger partial charge in [-0.1, -0.05) is 15.9 Å². The van der Waals surface area contributed by atoms with Gasteiger partial charge in [0.1, 0.15) is 0 Å². The number of rotatable bonds is 6. The first-order valence-corrected chi connectivity index (χ1v) is 6.66. The molecule has 0 aromatic heterocycles. The monoisotopic (exact) mass is 327 g/mol. The molecule has 0 fully saturated rings. The summed E-state index contributed by atoms with van der Waals surface area (Å²) in [5, 5.41) is 5.66. The Hall–Kier alpha value is -1.40. The van der Waals surface area contributed by atoms with E-state index < -0.39 is 11.3 Å². The topological polar surface area (TPSA) is 84.2 Å². The first-order valence-electron chi connectivity index (χ1n) is 5.87. The van der Waals surface area contributed by atoms with Gasteiger partial charge in [-0.25, -0.2) is 0 Å². The molecule has 0 radical (unpaired) electrons. The molecule has 1 aromatic carbocycles. The molecular weight excluding hydrogens is 310 g/mol. The van der Waals surface area contributed by atoms with Crippen LogP contribution >= 0.6 is 15.9 Å². The van der Waals surface area contributed by atoms with E-state index in [0.29, 0.717) is 6.54 Å². The van der Waals surface area contributed by atoms with Crippen molar-refractivity contribution in [2.75, 3.05) is 18.4 Å². The van der Waals surface area contributed by atoms with E-state index >= 15 is 0 Å². The molecule has 0 saturated carbocycles. The third-order valence-electron chi connectivity index (χ3n) is 2.65. The molecule has 0 spiro atoms. The Kier molecular flexibility index (Phi) is 5.50. The molecule has 0 atom stereocenters. The number of primary amides is 1. The minimum absolute atomic E-state index is 0.132. The number of hydrogen-bond acceptors (Lipinski definition) is 3. The third-order valence-corrected chi connectivity index (χ3v) is 3.18. The number of hydrogen-bond donors (Lipinski definition) is 3. The van der Waals surface area contributed by atoms with Crippen molar-refractivity contribution in [2.45, 2.75) is 13.8 Å². The summed E-state index contributed by atoms with van der Waals surface area (Å²) < 4.78 is 0.951. The van der Waals surface area contributed by atoms with Crippen LogP contribution in [0.25, 0.3) is 0 Å². The molecule has 104 valence electrons. The summed E-state index contributed by atoms with van der Waals surface area (Å²) in [4.78, 5) is 22.7. The number of anilines is 1. The van der Waals surface area contributed by atoms with Crippen LogP contribution in [0.2, 0.25) is 0 Å². The second-order valence-corrected chi connectivity index (χ2v) is 5.82. The lowest BCUT2D eigenvalue weighted by atomic mass is 9.93. The lowest BCUT2D eigenvalue weighted by Gasteiger charge is -2.20. The van der Waals surface area contributed by atoms with Gasteiger partial charge in [0, 0.05) is 16.7 Å². The zero-order valence-electron chi connectivity index (χ0n) is 11.0. The summed E-state index contributed by atoms with van der Waals surface area (Å²) in [5.41, 5.74) is 5.30. The molecule has 0 bridgehead atoms. The number of nitrogens with one attached hydrogen (secondary N) is 2. The van der Waals surface area contributed by atoms with Gasteiger partial charge >= 0.3 is 0 Å². The second kappa shape index (κ2) is 6.68. The van der Waals surface area contributed by atoms with Crippen molar-refractivity contribution in [3.8, 4) is 0 Å². The summed E-state index contributed by atoms with van der Waals surface area (Å²) in [5.74, 6) is -0.559. The summed E-state index contributed by atoms with van der Waals surface area (Å²) in [7, 11) is 0. The summed E-state index contributed by atoms with van der Waals surface area (Å²) >= 11 is 3.32. The predicted octanol–water partition coefficient (Wildman–Crippen LogP) is 1.49. The lowest BCUT2D eigenvalue weighted by Crippen LogP contribution is -2.42. The van der Waals surface area contributed by atoms with Crippen molar-refractivity contribution in [1.82, 2.24) is 5.32 Å². The molecule has 4 N–H and O–H groups in total. The van der Waals surface area contributed by atoms with Gasteiger partial charge in [-0.3, -0.25) is 9.59 Å². The number of amides is 2. The number of carbonyl (C=O) groups excluding carboxylic acids is 2. The van der Waals surface area contributed by atoms with Crippen LogP contribution in [0.5, 0.6) is 0 Å². The van der Waals surface area contributed by atoms with E-state index in [2.05, 4.69) is 26.6 Å². The first kappa shape index (κ1) is 15.7. The predicted molar refractivity (Wildman–Crippen MR) is 78.6 cm³/mol. The largest absolute Gasteiger partial charge is 0.369 e. The normalized spacial score (nSPS) is 11.1. The molecule has 0 unspecified atom stereocenters. The highest BCUT2D eigenvalue weighted by atomic mass is 79.9. The van der Waals surface area contributed by atoms with Gasteiger partial charge in [0.2, 0.25) is 11.8 Å². The van der Waals surface area contributed by atoms with E-state index in [0.717, 1.165) is 10.2 Å². The standard InChI is InChI=1S/C13H18BrN3O2/c1-13(2,12(15)19)8-16-7-11(18)17-10-5-3-9(14)4-6-10/h3-6,16H,7-8H2,1-2H3,(H2,15,19)(H,17,18). The van der Waals surface area contributed by atoms with E-state index in [1.807, 2.05) is 12.1 Å². The third kappa shape index (κ3) is 5.40. The number of benzene rings is 1. The van der Waals surface area contributed by atoms with Crippen molar-refractivity contribution >= 4 is 33.4 Å². The average Bonchev–Trinajstić information content (AvgIpc) is 2.31. The molecule has 0 aliphatic carbocycles. The molecule has 0 aliphatic rings. The van der Waals surface area contributed by atoms with Gasteiger partial charge in [-0.15, -0.1) is 0 Å². The van der Waals surface area contributed by atoms with Crippen LogP contribution in [0.4, 0.5) is 5.69 Å².